The van der Waals surface area contributed by atoms with Crippen molar-refractivity contribution in [2.75, 3.05) is 47.2 Å². The van der Waals surface area contributed by atoms with E-state index in [1.165, 1.54) is 0 Å². The average Bonchev–Trinajstić information content (AvgIpc) is 3.92. The minimum atomic E-state index is -0.782. The number of carbonyl (C=O) groups excluding carboxylic acids is 6. The second-order valence-electron chi connectivity index (χ2n) is 20.3. The molecule has 6 amide bonds. The number of ether oxygens (including phenoxy) is 3. The fourth-order valence-corrected chi connectivity index (χ4v) is 9.07. The molecule has 368 valence electrons. The summed E-state index contributed by atoms with van der Waals surface area (Å²) in [5.41, 5.74) is 0.750. The van der Waals surface area contributed by atoms with E-state index >= 15 is 0 Å². The number of amides is 6. The summed E-state index contributed by atoms with van der Waals surface area (Å²) >= 11 is 0. The van der Waals surface area contributed by atoms with Gasteiger partial charge in [-0.25, -0.2) is 4.79 Å². The SMILES string of the molecule is CC[C@H](C)[C@@H]([C@@H](CC(=O)N1CCC[C@H]1[C@H](OC)[C@@H](C)C(=O)N[C@@H](CC1CC1)C(=O)NCc1ccc(NC(=O)OC(C)(C)C)cc1)OC)N(C)C(=O)[C@@H](NC(=O)[C@H](C(C)C)N(C)C)C(C)C. The highest BCUT2D eigenvalue weighted by Crippen LogP contribution is 2.34. The summed E-state index contributed by atoms with van der Waals surface area (Å²) in [7, 11) is 8.53. The highest BCUT2D eigenvalue weighted by atomic mass is 16.6. The van der Waals surface area contributed by atoms with E-state index in [-0.39, 0.29) is 60.3 Å². The first-order valence-corrected chi connectivity index (χ1v) is 23.7. The van der Waals surface area contributed by atoms with Crippen LogP contribution in [0.15, 0.2) is 24.3 Å². The van der Waals surface area contributed by atoms with Gasteiger partial charge < -0.3 is 40.0 Å². The molecule has 0 unspecified atom stereocenters. The Hall–Kier alpha value is -4.28. The molecule has 0 spiro atoms. The van der Waals surface area contributed by atoms with Crippen LogP contribution in [0.25, 0.3) is 0 Å². The van der Waals surface area contributed by atoms with Crippen molar-refractivity contribution in [2.45, 2.75) is 169 Å². The van der Waals surface area contributed by atoms with Gasteiger partial charge in [-0.2, -0.15) is 0 Å². The van der Waals surface area contributed by atoms with Crippen LogP contribution in [0.4, 0.5) is 10.5 Å². The fourth-order valence-electron chi connectivity index (χ4n) is 9.07. The molecule has 16 heteroatoms. The number of benzene rings is 1. The standard InChI is InChI=1S/C49H83N7O9/c1-16-31(6)42(55(13)47(61)40(29(2)3)53-46(60)41(30(4)5)54(11)12)38(63-14)27-39(57)56-25-17-18-37(56)43(64-15)32(7)44(58)52-36(26-33-19-20-33)45(59)50-28-34-21-23-35(24-22-34)51-48(62)65-49(8,9)10/h21-24,29-33,36-38,40-43H,16-20,25-28H2,1-15H3,(H,50,59)(H,51,62)(H,52,58)(H,53,60)/t31-,32+,36-,37-,38+,40-,41-,42-,43+/m0/s1. The van der Waals surface area contributed by atoms with Crippen LogP contribution >= 0.6 is 0 Å². The monoisotopic (exact) mass is 914 g/mol. The van der Waals surface area contributed by atoms with Crippen LogP contribution in [0.3, 0.4) is 0 Å². The van der Waals surface area contributed by atoms with Gasteiger partial charge in [0.15, 0.2) is 0 Å². The van der Waals surface area contributed by atoms with Gasteiger partial charge in [-0.15, -0.1) is 0 Å². The maximum atomic E-state index is 14.4. The zero-order valence-electron chi connectivity index (χ0n) is 42.1. The van der Waals surface area contributed by atoms with E-state index in [0.29, 0.717) is 31.0 Å². The number of hydrogen-bond acceptors (Lipinski definition) is 10. The lowest BCUT2D eigenvalue weighted by atomic mass is 9.89. The smallest absolute Gasteiger partial charge is 0.412 e. The Balaban J connectivity index is 1.71. The highest BCUT2D eigenvalue weighted by molar-refractivity contribution is 5.91. The van der Waals surface area contributed by atoms with Crippen LogP contribution in [-0.4, -0.2) is 140 Å². The maximum absolute atomic E-state index is 14.4. The summed E-state index contributed by atoms with van der Waals surface area (Å²) in [6.07, 6.45) is 2.71. The summed E-state index contributed by atoms with van der Waals surface area (Å²) < 4.78 is 17.4. The average molecular weight is 914 g/mol. The van der Waals surface area contributed by atoms with Gasteiger partial charge in [-0.05, 0) is 95.5 Å². The Bertz CT molecular complexity index is 1720. The number of methoxy groups -OCH3 is 2. The molecule has 1 heterocycles. The van der Waals surface area contributed by atoms with Gasteiger partial charge in [-0.3, -0.25) is 34.2 Å². The molecule has 1 aromatic carbocycles. The van der Waals surface area contributed by atoms with Crippen LogP contribution in [0.1, 0.15) is 120 Å². The number of likely N-dealkylation sites (tertiary alicyclic amines) is 1. The van der Waals surface area contributed by atoms with E-state index < -0.39 is 60.0 Å². The number of likely N-dealkylation sites (N-methyl/N-ethyl adjacent to an activating group) is 2. The molecule has 0 aromatic heterocycles. The molecule has 1 aliphatic heterocycles. The molecule has 0 bridgehead atoms. The van der Waals surface area contributed by atoms with Crippen molar-refractivity contribution in [3.63, 3.8) is 0 Å². The van der Waals surface area contributed by atoms with Crippen molar-refractivity contribution in [3.8, 4) is 0 Å². The van der Waals surface area contributed by atoms with Gasteiger partial charge in [0, 0.05) is 40.0 Å². The zero-order chi connectivity index (χ0) is 48.9. The molecule has 2 fully saturated rings. The van der Waals surface area contributed by atoms with Gasteiger partial charge in [0.05, 0.1) is 42.7 Å². The molecule has 0 radical (unpaired) electrons. The van der Waals surface area contributed by atoms with Crippen LogP contribution in [0, 0.1) is 29.6 Å². The molecule has 1 aliphatic carbocycles. The van der Waals surface area contributed by atoms with Crippen LogP contribution in [0.5, 0.6) is 0 Å². The topological polar surface area (TPSA) is 188 Å². The summed E-state index contributed by atoms with van der Waals surface area (Å²) in [6, 6.07) is 4.25. The molecule has 1 saturated heterocycles. The number of nitrogens with one attached hydrogen (secondary N) is 4. The number of rotatable bonds is 24. The molecular weight excluding hydrogens is 831 g/mol. The lowest BCUT2D eigenvalue weighted by Gasteiger charge is -2.41. The van der Waals surface area contributed by atoms with Crippen molar-refractivity contribution in [3.05, 3.63) is 29.8 Å². The molecule has 3 rings (SSSR count). The van der Waals surface area contributed by atoms with Crippen LogP contribution < -0.4 is 21.3 Å². The second-order valence-corrected chi connectivity index (χ2v) is 20.3. The number of carbonyl (C=O) groups is 6. The predicted molar refractivity (Wildman–Crippen MR) is 253 cm³/mol. The summed E-state index contributed by atoms with van der Waals surface area (Å²) in [6.45, 7) is 19.7. The van der Waals surface area contributed by atoms with Gasteiger partial charge in [0.25, 0.3) is 0 Å². The van der Waals surface area contributed by atoms with Gasteiger partial charge in [0.2, 0.25) is 29.5 Å². The Morgan fingerprint density at radius 3 is 1.97 bits per heavy atom. The lowest BCUT2D eigenvalue weighted by Crippen LogP contribution is -2.59. The Morgan fingerprint density at radius 1 is 0.831 bits per heavy atom. The van der Waals surface area contributed by atoms with Crippen molar-refractivity contribution < 1.29 is 43.0 Å². The van der Waals surface area contributed by atoms with E-state index in [9.17, 15) is 28.8 Å². The van der Waals surface area contributed by atoms with Gasteiger partial charge >= 0.3 is 6.09 Å². The summed E-state index contributed by atoms with van der Waals surface area (Å²) in [4.78, 5) is 87.3. The second kappa shape index (κ2) is 25.0. The van der Waals surface area contributed by atoms with E-state index in [1.54, 1.807) is 83.0 Å². The van der Waals surface area contributed by atoms with E-state index in [2.05, 4.69) is 21.3 Å². The Labute approximate surface area is 389 Å². The minimum absolute atomic E-state index is 0.00197. The first kappa shape index (κ1) is 55.1. The number of anilines is 1. The van der Waals surface area contributed by atoms with Crippen molar-refractivity contribution in [2.24, 2.45) is 29.6 Å². The van der Waals surface area contributed by atoms with Gasteiger partial charge in [-0.1, -0.05) is 79.9 Å². The molecule has 4 N–H and O–H groups in total. The molecular formula is C49H83N7O9. The van der Waals surface area contributed by atoms with Crippen LogP contribution in [-0.2, 0) is 44.7 Å². The molecule has 16 nitrogen and oxygen atoms in total. The molecule has 9 atom stereocenters. The Kier molecular flexibility index (Phi) is 21.2. The third kappa shape index (κ3) is 16.2. The maximum Gasteiger partial charge on any atom is 0.412 e. The van der Waals surface area contributed by atoms with E-state index in [0.717, 1.165) is 31.2 Å². The van der Waals surface area contributed by atoms with Crippen molar-refractivity contribution in [1.82, 2.24) is 30.7 Å². The zero-order valence-corrected chi connectivity index (χ0v) is 42.1. The normalized spacial score (nSPS) is 19.1. The summed E-state index contributed by atoms with van der Waals surface area (Å²) in [5, 5.41) is 11.7. The van der Waals surface area contributed by atoms with Crippen molar-refractivity contribution in [1.29, 1.82) is 0 Å². The largest absolute Gasteiger partial charge is 0.444 e. The summed E-state index contributed by atoms with van der Waals surface area (Å²) in [5.74, 6) is -1.81. The van der Waals surface area contributed by atoms with Crippen molar-refractivity contribution >= 4 is 41.3 Å². The minimum Gasteiger partial charge on any atom is -0.444 e. The molecule has 2 aliphatic rings. The van der Waals surface area contributed by atoms with E-state index in [4.69, 9.17) is 14.2 Å². The fraction of sp³-hybridized carbons (Fsp3) is 0.755. The molecule has 1 saturated carbocycles. The predicted octanol–water partition coefficient (Wildman–Crippen LogP) is 5.58. The van der Waals surface area contributed by atoms with Crippen LogP contribution in [0.2, 0.25) is 0 Å². The first-order chi connectivity index (χ1) is 30.4. The number of hydrogen-bond donors (Lipinski definition) is 4. The Morgan fingerprint density at radius 2 is 1.46 bits per heavy atom. The first-order valence-electron chi connectivity index (χ1n) is 23.7. The highest BCUT2D eigenvalue weighted by Gasteiger charge is 2.44. The third-order valence-corrected chi connectivity index (χ3v) is 12.9. The van der Waals surface area contributed by atoms with Gasteiger partial charge in [0.1, 0.15) is 17.7 Å². The quantitative estimate of drug-likeness (QED) is 0.102. The number of nitrogens with zero attached hydrogens (tertiary/aromatic N) is 3. The lowest BCUT2D eigenvalue weighted by molar-refractivity contribution is -0.148. The molecule has 65 heavy (non-hydrogen) atoms. The van der Waals surface area contributed by atoms with E-state index in [1.807, 2.05) is 60.5 Å². The molecule has 1 aromatic rings. The third-order valence-electron chi connectivity index (χ3n) is 12.9.